The van der Waals surface area contributed by atoms with Crippen LogP contribution in [-0.4, -0.2) is 23.1 Å². The molecule has 0 saturated carbocycles. The molecule has 0 radical (unpaired) electrons. The standard InChI is InChI=1S/C13H25N5O/c1-5-10(6-2)9(3)15-11-7-12(18-14)17-13(16-11)8-19-4/h7,9-10H,5-6,8,14H2,1-4H3,(H2,15,16,17,18). The highest BCUT2D eigenvalue weighted by Crippen LogP contribution is 2.18. The maximum atomic E-state index is 5.42. The molecule has 0 aromatic carbocycles. The van der Waals surface area contributed by atoms with Gasteiger partial charge in [0, 0.05) is 19.2 Å². The Bertz CT molecular complexity index is 381. The third-order valence-electron chi connectivity index (χ3n) is 3.33. The molecule has 4 N–H and O–H groups in total. The number of nitrogens with two attached hydrogens (primary N) is 1. The Balaban J connectivity index is 2.84. The van der Waals surface area contributed by atoms with E-state index in [1.54, 1.807) is 13.2 Å². The first-order chi connectivity index (χ1) is 9.14. The van der Waals surface area contributed by atoms with Gasteiger partial charge in [-0.05, 0) is 12.8 Å². The molecule has 0 aliphatic carbocycles. The summed E-state index contributed by atoms with van der Waals surface area (Å²) in [7, 11) is 1.62. The lowest BCUT2D eigenvalue weighted by molar-refractivity contribution is 0.178. The Kier molecular flexibility index (Phi) is 6.52. The van der Waals surface area contributed by atoms with Crippen molar-refractivity contribution in [2.45, 2.75) is 46.3 Å². The molecule has 0 spiro atoms. The van der Waals surface area contributed by atoms with Gasteiger partial charge < -0.3 is 15.5 Å². The monoisotopic (exact) mass is 267 g/mol. The van der Waals surface area contributed by atoms with E-state index < -0.39 is 0 Å². The van der Waals surface area contributed by atoms with E-state index in [-0.39, 0.29) is 0 Å². The van der Waals surface area contributed by atoms with Crippen LogP contribution in [-0.2, 0) is 11.3 Å². The summed E-state index contributed by atoms with van der Waals surface area (Å²) >= 11 is 0. The quantitative estimate of drug-likeness (QED) is 0.494. The molecule has 108 valence electrons. The van der Waals surface area contributed by atoms with Gasteiger partial charge in [0.15, 0.2) is 5.82 Å². The zero-order valence-electron chi connectivity index (χ0n) is 12.2. The van der Waals surface area contributed by atoms with Crippen LogP contribution < -0.4 is 16.6 Å². The number of ether oxygens (including phenoxy) is 1. The van der Waals surface area contributed by atoms with E-state index in [9.17, 15) is 0 Å². The lowest BCUT2D eigenvalue weighted by Crippen LogP contribution is -2.26. The second-order valence-electron chi connectivity index (χ2n) is 4.64. The molecule has 1 rings (SSSR count). The molecule has 1 atom stereocenters. The smallest absolute Gasteiger partial charge is 0.158 e. The Hall–Kier alpha value is -1.40. The number of nitrogens with zero attached hydrogens (tertiary/aromatic N) is 2. The van der Waals surface area contributed by atoms with Crippen LogP contribution in [0.4, 0.5) is 11.6 Å². The number of methoxy groups -OCH3 is 1. The Morgan fingerprint density at radius 3 is 2.42 bits per heavy atom. The van der Waals surface area contributed by atoms with Crippen molar-refractivity contribution in [1.82, 2.24) is 9.97 Å². The zero-order valence-corrected chi connectivity index (χ0v) is 12.2. The van der Waals surface area contributed by atoms with Gasteiger partial charge in [0.05, 0.1) is 0 Å². The minimum absolute atomic E-state index is 0.353. The average molecular weight is 267 g/mol. The summed E-state index contributed by atoms with van der Waals surface area (Å²) in [6.45, 7) is 6.94. The number of hydrazine groups is 1. The fraction of sp³-hybridized carbons (Fsp3) is 0.692. The van der Waals surface area contributed by atoms with Gasteiger partial charge >= 0.3 is 0 Å². The third kappa shape index (κ3) is 4.65. The van der Waals surface area contributed by atoms with Crippen LogP contribution >= 0.6 is 0 Å². The van der Waals surface area contributed by atoms with Crippen LogP contribution in [0.25, 0.3) is 0 Å². The van der Waals surface area contributed by atoms with E-state index in [0.717, 1.165) is 18.7 Å². The summed E-state index contributed by atoms with van der Waals surface area (Å²) in [5.74, 6) is 8.00. The van der Waals surface area contributed by atoms with Crippen molar-refractivity contribution in [2.75, 3.05) is 17.9 Å². The molecule has 1 aromatic heterocycles. The van der Waals surface area contributed by atoms with E-state index >= 15 is 0 Å². The minimum atomic E-state index is 0.353. The number of nitrogens with one attached hydrogen (secondary N) is 2. The fourth-order valence-electron chi connectivity index (χ4n) is 2.19. The van der Waals surface area contributed by atoms with Crippen LogP contribution in [0.2, 0.25) is 0 Å². The summed E-state index contributed by atoms with van der Waals surface area (Å²) in [4.78, 5) is 8.64. The van der Waals surface area contributed by atoms with Crippen LogP contribution in [0, 0.1) is 5.92 Å². The average Bonchev–Trinajstić information content (AvgIpc) is 2.40. The Labute approximate surface area is 115 Å². The van der Waals surface area contributed by atoms with Crippen molar-refractivity contribution in [2.24, 2.45) is 11.8 Å². The van der Waals surface area contributed by atoms with Crippen molar-refractivity contribution in [1.29, 1.82) is 0 Å². The molecular formula is C13H25N5O. The number of rotatable bonds is 8. The lowest BCUT2D eigenvalue weighted by Gasteiger charge is -2.23. The number of hydrogen-bond acceptors (Lipinski definition) is 6. The molecule has 1 unspecified atom stereocenters. The molecule has 6 nitrogen and oxygen atoms in total. The van der Waals surface area contributed by atoms with Crippen molar-refractivity contribution in [3.05, 3.63) is 11.9 Å². The van der Waals surface area contributed by atoms with Crippen LogP contribution in [0.3, 0.4) is 0 Å². The Morgan fingerprint density at radius 1 is 1.26 bits per heavy atom. The molecule has 1 aromatic rings. The second-order valence-corrected chi connectivity index (χ2v) is 4.64. The molecule has 0 saturated heterocycles. The van der Waals surface area contributed by atoms with Gasteiger partial charge in [-0.25, -0.2) is 15.8 Å². The van der Waals surface area contributed by atoms with Crippen LogP contribution in [0.5, 0.6) is 0 Å². The molecule has 0 amide bonds. The normalized spacial score (nSPS) is 12.5. The largest absolute Gasteiger partial charge is 0.377 e. The molecule has 0 bridgehead atoms. The highest BCUT2D eigenvalue weighted by Gasteiger charge is 2.14. The number of hydrogen-bond donors (Lipinski definition) is 3. The summed E-state index contributed by atoms with van der Waals surface area (Å²) in [6.07, 6.45) is 2.28. The maximum Gasteiger partial charge on any atom is 0.158 e. The summed E-state index contributed by atoms with van der Waals surface area (Å²) in [6, 6.07) is 2.16. The zero-order chi connectivity index (χ0) is 14.3. The molecule has 0 aliphatic heterocycles. The number of aromatic nitrogens is 2. The van der Waals surface area contributed by atoms with Gasteiger partial charge in [0.2, 0.25) is 0 Å². The first-order valence-corrected chi connectivity index (χ1v) is 6.74. The SMILES string of the molecule is CCC(CC)C(C)Nc1cc(NN)nc(COC)n1. The summed E-state index contributed by atoms with van der Waals surface area (Å²) in [5.41, 5.74) is 2.55. The van der Waals surface area contributed by atoms with Gasteiger partial charge in [-0.2, -0.15) is 0 Å². The van der Waals surface area contributed by atoms with Gasteiger partial charge in [-0.15, -0.1) is 0 Å². The van der Waals surface area contributed by atoms with Crippen LogP contribution in [0.1, 0.15) is 39.4 Å². The topological polar surface area (TPSA) is 85.1 Å². The molecule has 19 heavy (non-hydrogen) atoms. The predicted octanol–water partition coefficient (Wildman–Crippen LogP) is 2.15. The Morgan fingerprint density at radius 2 is 1.89 bits per heavy atom. The molecular weight excluding hydrogens is 242 g/mol. The number of nitrogen functional groups attached to an aromatic ring is 1. The van der Waals surface area contributed by atoms with Gasteiger partial charge in [-0.3, -0.25) is 0 Å². The number of anilines is 2. The van der Waals surface area contributed by atoms with E-state index in [4.69, 9.17) is 10.6 Å². The first-order valence-electron chi connectivity index (χ1n) is 6.74. The van der Waals surface area contributed by atoms with E-state index in [0.29, 0.717) is 30.2 Å². The maximum absolute atomic E-state index is 5.42. The molecule has 6 heteroatoms. The van der Waals surface area contributed by atoms with Gasteiger partial charge in [0.25, 0.3) is 0 Å². The first kappa shape index (κ1) is 15.7. The van der Waals surface area contributed by atoms with Crippen molar-refractivity contribution in [3.8, 4) is 0 Å². The van der Waals surface area contributed by atoms with E-state index in [2.05, 4.69) is 41.5 Å². The summed E-state index contributed by atoms with van der Waals surface area (Å²) < 4.78 is 5.06. The molecule has 0 fully saturated rings. The van der Waals surface area contributed by atoms with E-state index in [1.165, 1.54) is 0 Å². The highest BCUT2D eigenvalue weighted by atomic mass is 16.5. The predicted molar refractivity (Wildman–Crippen MR) is 77.7 cm³/mol. The lowest BCUT2D eigenvalue weighted by atomic mass is 9.95. The summed E-state index contributed by atoms with van der Waals surface area (Å²) in [5, 5.41) is 3.42. The second kappa shape index (κ2) is 7.91. The van der Waals surface area contributed by atoms with Gasteiger partial charge in [-0.1, -0.05) is 26.7 Å². The molecule has 1 heterocycles. The van der Waals surface area contributed by atoms with Crippen LogP contribution in [0.15, 0.2) is 6.07 Å². The van der Waals surface area contributed by atoms with E-state index in [1.807, 2.05) is 0 Å². The third-order valence-corrected chi connectivity index (χ3v) is 3.33. The minimum Gasteiger partial charge on any atom is -0.377 e. The van der Waals surface area contributed by atoms with Crippen molar-refractivity contribution in [3.63, 3.8) is 0 Å². The van der Waals surface area contributed by atoms with Crippen molar-refractivity contribution < 1.29 is 4.74 Å². The molecule has 0 aliphatic rings. The van der Waals surface area contributed by atoms with Gasteiger partial charge in [0.1, 0.15) is 18.2 Å². The van der Waals surface area contributed by atoms with Crippen molar-refractivity contribution >= 4 is 11.6 Å². The fourth-order valence-corrected chi connectivity index (χ4v) is 2.19. The highest BCUT2D eigenvalue weighted by molar-refractivity contribution is 5.47.